The third kappa shape index (κ3) is 13.5. The van der Waals surface area contributed by atoms with Crippen LogP contribution in [-0.4, -0.2) is 72.3 Å². The van der Waals surface area contributed by atoms with Gasteiger partial charge in [-0.05, 0) is 69.0 Å². The second-order valence-corrected chi connectivity index (χ2v) is 13.0. The highest BCUT2D eigenvalue weighted by atomic mass is 16.6. The number of phenols is 1. The Bertz CT molecular complexity index is 1500. The second kappa shape index (κ2) is 21.9. The van der Waals surface area contributed by atoms with Crippen molar-refractivity contribution < 1.29 is 52.8 Å². The average Bonchev–Trinajstić information content (AvgIpc) is 3.11. The highest BCUT2D eigenvalue weighted by Gasteiger charge is 2.44. The highest BCUT2D eigenvalue weighted by molar-refractivity contribution is 6.01. The first-order valence-corrected chi connectivity index (χ1v) is 17.7. The summed E-state index contributed by atoms with van der Waals surface area (Å²) in [5.74, 6) is -4.55. The van der Waals surface area contributed by atoms with Crippen LogP contribution in [0.5, 0.6) is 5.75 Å². The van der Waals surface area contributed by atoms with Gasteiger partial charge in [0.05, 0.1) is 29.3 Å². The highest BCUT2D eigenvalue weighted by Crippen LogP contribution is 2.29. The summed E-state index contributed by atoms with van der Waals surface area (Å²) in [5.41, 5.74) is 6.48. The van der Waals surface area contributed by atoms with Crippen molar-refractivity contribution in [2.75, 3.05) is 17.7 Å². The molecule has 1 saturated heterocycles. The average molecular weight is 728 g/mol. The number of ether oxygens (including phenoxy) is 4. The molecule has 14 nitrogen and oxygen atoms in total. The topological polar surface area (TPSA) is 210 Å². The maximum atomic E-state index is 13.3. The van der Waals surface area contributed by atoms with Gasteiger partial charge in [0.1, 0.15) is 12.2 Å². The molecule has 0 radical (unpaired) electrons. The van der Waals surface area contributed by atoms with Crippen molar-refractivity contribution in [1.82, 2.24) is 5.32 Å². The molecule has 1 fully saturated rings. The molecule has 1 aliphatic rings. The van der Waals surface area contributed by atoms with Crippen molar-refractivity contribution in [1.29, 1.82) is 0 Å². The Balaban J connectivity index is 0.000000557. The minimum atomic E-state index is -1.42. The van der Waals surface area contributed by atoms with Crippen molar-refractivity contribution >= 4 is 47.6 Å². The van der Waals surface area contributed by atoms with Gasteiger partial charge >= 0.3 is 23.9 Å². The van der Waals surface area contributed by atoms with Crippen molar-refractivity contribution in [2.45, 2.75) is 111 Å². The van der Waals surface area contributed by atoms with Crippen LogP contribution in [0.2, 0.25) is 0 Å². The van der Waals surface area contributed by atoms with Crippen molar-refractivity contribution in [3.8, 4) is 5.75 Å². The van der Waals surface area contributed by atoms with Gasteiger partial charge in [0.25, 0.3) is 5.91 Å². The van der Waals surface area contributed by atoms with E-state index < -0.39 is 59.8 Å². The van der Waals surface area contributed by atoms with E-state index in [1.54, 1.807) is 24.3 Å². The third-order valence-electron chi connectivity index (χ3n) is 8.11. The Morgan fingerprint density at radius 1 is 0.942 bits per heavy atom. The summed E-state index contributed by atoms with van der Waals surface area (Å²) in [6, 6.07) is 9.43. The fourth-order valence-electron chi connectivity index (χ4n) is 5.24. The fourth-order valence-corrected chi connectivity index (χ4v) is 5.24. The van der Waals surface area contributed by atoms with Gasteiger partial charge in [0, 0.05) is 12.1 Å². The van der Waals surface area contributed by atoms with Crippen LogP contribution in [0.3, 0.4) is 0 Å². The van der Waals surface area contributed by atoms with E-state index in [2.05, 4.69) is 17.6 Å². The molecule has 14 heteroatoms. The number of rotatable bonds is 15. The lowest BCUT2D eigenvalue weighted by atomic mass is 9.92. The maximum Gasteiger partial charge on any atom is 0.338 e. The largest absolute Gasteiger partial charge is 0.505 e. The van der Waals surface area contributed by atoms with Crippen LogP contribution in [-0.2, 0) is 38.1 Å². The molecule has 1 heterocycles. The summed E-state index contributed by atoms with van der Waals surface area (Å²) in [6.07, 6.45) is 1.99. The van der Waals surface area contributed by atoms with E-state index >= 15 is 0 Å². The summed E-state index contributed by atoms with van der Waals surface area (Å²) in [7, 11) is 0. The quantitative estimate of drug-likeness (QED) is 0.0459. The Hall–Kier alpha value is -5.14. The first kappa shape index (κ1) is 43.0. The number of para-hydroxylation sites is 1. The molecule has 0 aromatic heterocycles. The van der Waals surface area contributed by atoms with Crippen LogP contribution in [0.25, 0.3) is 0 Å². The van der Waals surface area contributed by atoms with Gasteiger partial charge in [0.15, 0.2) is 17.9 Å². The van der Waals surface area contributed by atoms with Gasteiger partial charge in [-0.1, -0.05) is 59.4 Å². The van der Waals surface area contributed by atoms with Gasteiger partial charge in [-0.3, -0.25) is 19.2 Å². The molecule has 2 aromatic rings. The number of aromatic hydroxyl groups is 1. The lowest BCUT2D eigenvalue weighted by Gasteiger charge is -2.29. The SMILES string of the molecule is CCCCCC1C(=O)OC(C)C(NC(=O)c2cccc(NC=O)c2O)C(=O)OC(C)C1OC(=O)CC(C)C.CCCCOC(=O)c1ccc(N)cc1. The normalized spacial score (nSPS) is 20.0. The Labute approximate surface area is 305 Å². The number of benzene rings is 2. The minimum Gasteiger partial charge on any atom is -0.505 e. The molecule has 0 aliphatic carbocycles. The first-order valence-electron chi connectivity index (χ1n) is 17.7. The molecule has 0 saturated carbocycles. The lowest BCUT2D eigenvalue weighted by molar-refractivity contribution is -0.175. The number of anilines is 2. The van der Waals surface area contributed by atoms with E-state index in [0.717, 1.165) is 25.7 Å². The number of amides is 2. The number of cyclic esters (lactones) is 2. The van der Waals surface area contributed by atoms with Crippen molar-refractivity contribution in [3.05, 3.63) is 53.6 Å². The summed E-state index contributed by atoms with van der Waals surface area (Å²) < 4.78 is 21.9. The predicted molar refractivity (Wildman–Crippen MR) is 193 cm³/mol. The molecular formula is C38H53N3O11. The Kier molecular flexibility index (Phi) is 18.2. The molecule has 52 heavy (non-hydrogen) atoms. The number of carbonyl (C=O) groups excluding carboxylic acids is 6. The Morgan fingerprint density at radius 2 is 1.60 bits per heavy atom. The zero-order valence-electron chi connectivity index (χ0n) is 30.8. The van der Waals surface area contributed by atoms with E-state index in [1.807, 2.05) is 20.8 Å². The number of hydrogen-bond donors (Lipinski definition) is 4. The number of nitrogens with one attached hydrogen (secondary N) is 2. The van der Waals surface area contributed by atoms with E-state index in [9.17, 15) is 33.9 Å². The molecule has 0 spiro atoms. The molecule has 0 bridgehead atoms. The number of nitrogen functional groups attached to an aromatic ring is 1. The number of phenolic OH excluding ortho intramolecular Hbond substituents is 1. The molecular weight excluding hydrogens is 674 g/mol. The fraction of sp³-hybridized carbons (Fsp3) is 0.526. The second-order valence-electron chi connectivity index (χ2n) is 13.0. The number of esters is 4. The molecule has 2 aromatic carbocycles. The Morgan fingerprint density at radius 3 is 2.21 bits per heavy atom. The van der Waals surface area contributed by atoms with Gasteiger partial charge < -0.3 is 40.4 Å². The van der Waals surface area contributed by atoms with E-state index in [0.29, 0.717) is 37.1 Å². The van der Waals surface area contributed by atoms with Crippen LogP contribution in [0.1, 0.15) is 107 Å². The zero-order valence-corrected chi connectivity index (χ0v) is 30.8. The van der Waals surface area contributed by atoms with Crippen LogP contribution < -0.4 is 16.4 Å². The first-order chi connectivity index (χ1) is 24.7. The third-order valence-corrected chi connectivity index (χ3v) is 8.11. The monoisotopic (exact) mass is 727 g/mol. The molecule has 2 amide bonds. The van der Waals surface area contributed by atoms with Crippen LogP contribution in [0.15, 0.2) is 42.5 Å². The summed E-state index contributed by atoms with van der Waals surface area (Å²) in [4.78, 5) is 74.1. The number of nitrogens with two attached hydrogens (primary N) is 1. The van der Waals surface area contributed by atoms with E-state index in [4.69, 9.17) is 24.7 Å². The zero-order chi connectivity index (χ0) is 38.8. The predicted octanol–water partition coefficient (Wildman–Crippen LogP) is 5.32. The summed E-state index contributed by atoms with van der Waals surface area (Å²) >= 11 is 0. The minimum absolute atomic E-state index is 0.00114. The maximum absolute atomic E-state index is 13.3. The number of unbranched alkanes of at least 4 members (excludes halogenated alkanes) is 3. The van der Waals surface area contributed by atoms with Gasteiger partial charge in [-0.2, -0.15) is 0 Å². The summed E-state index contributed by atoms with van der Waals surface area (Å²) in [5, 5.41) is 15.1. The molecule has 1 aliphatic heterocycles. The van der Waals surface area contributed by atoms with E-state index in [-0.39, 0.29) is 29.6 Å². The molecule has 3 rings (SSSR count). The van der Waals surface area contributed by atoms with Crippen LogP contribution in [0.4, 0.5) is 11.4 Å². The number of carbonyl (C=O) groups is 6. The summed E-state index contributed by atoms with van der Waals surface area (Å²) in [6.45, 7) is 11.2. The smallest absolute Gasteiger partial charge is 0.338 e. The number of hydrogen-bond acceptors (Lipinski definition) is 12. The lowest BCUT2D eigenvalue weighted by Crippen LogP contribution is -2.50. The molecule has 286 valence electrons. The van der Waals surface area contributed by atoms with E-state index in [1.165, 1.54) is 32.0 Å². The molecule has 5 atom stereocenters. The van der Waals surface area contributed by atoms with Gasteiger partial charge in [0.2, 0.25) is 6.41 Å². The van der Waals surface area contributed by atoms with Crippen molar-refractivity contribution in [3.63, 3.8) is 0 Å². The van der Waals surface area contributed by atoms with Crippen LogP contribution >= 0.6 is 0 Å². The molecule has 5 unspecified atom stereocenters. The van der Waals surface area contributed by atoms with Crippen molar-refractivity contribution in [2.24, 2.45) is 11.8 Å². The van der Waals surface area contributed by atoms with Crippen LogP contribution in [0, 0.1) is 11.8 Å². The molecule has 5 N–H and O–H groups in total. The standard InChI is InChI=1S/C27H38N2O9.C11H15NO2/c1-6-7-8-10-19-24(38-21(31)13-15(2)3)17(5)37-27(35)22(16(4)36-26(19)34)29-25(33)18-11-9-12-20(23(18)32)28-14-30;1-2-3-8-14-11(13)9-4-6-10(12)7-5-9/h9,11-12,14-17,19,22,24,32H,6-8,10,13H2,1-5H3,(H,28,30)(H,29,33);4-7H,2-3,8,12H2,1H3. The van der Waals surface area contributed by atoms with Gasteiger partial charge in [-0.15, -0.1) is 0 Å². The van der Waals surface area contributed by atoms with Gasteiger partial charge in [-0.25, -0.2) is 9.59 Å².